The molecule has 2 fully saturated rings. The van der Waals surface area contributed by atoms with Gasteiger partial charge < -0.3 is 34.3 Å². The fourth-order valence-corrected chi connectivity index (χ4v) is 11.8. The van der Waals surface area contributed by atoms with Crippen LogP contribution in [0.5, 0.6) is 23.0 Å². The van der Waals surface area contributed by atoms with E-state index >= 15 is 19.2 Å². The van der Waals surface area contributed by atoms with Gasteiger partial charge in [-0.25, -0.2) is 9.69 Å². The van der Waals surface area contributed by atoms with Crippen molar-refractivity contribution < 1.29 is 43.2 Å². The number of nitrogens with zero attached hydrogens (tertiary/aromatic N) is 3. The fraction of sp³-hybridized carbons (Fsp3) is 0.226. The molecule has 4 aliphatic heterocycles. The zero-order chi connectivity index (χ0) is 52.0. The SMILES string of the molecule is COc1ccc(C#Cc2ccc3c(c2)[C@]2(C(=O)N3C(=O)N[C@H](C)c3ccccc3)[C@H](c3ccc(O)cc3)N3[C@H](c4ccccc4)[C@H](c4ccccc4)OC(=O)[C@H]3[C@@H]2C(=O)N2CCc3cc(OC)c(OC)cc3C2)cc1. The number of aromatic hydroxyl groups is 1. The Morgan fingerprint density at radius 1 is 0.693 bits per heavy atom. The summed E-state index contributed by atoms with van der Waals surface area (Å²) in [6, 6.07) is 46.8. The third-order valence-electron chi connectivity index (χ3n) is 15.2. The highest BCUT2D eigenvalue weighted by atomic mass is 16.6. The Hall–Kier alpha value is -8.86. The smallest absolute Gasteiger partial charge is 0.329 e. The van der Waals surface area contributed by atoms with E-state index in [4.69, 9.17) is 18.9 Å². The van der Waals surface area contributed by atoms with Crippen molar-refractivity contribution in [3.8, 4) is 34.8 Å². The van der Waals surface area contributed by atoms with Crippen LogP contribution in [-0.4, -0.2) is 72.6 Å². The average molecular weight is 999 g/mol. The zero-order valence-electron chi connectivity index (χ0n) is 41.8. The van der Waals surface area contributed by atoms with Crippen LogP contribution in [0.3, 0.4) is 0 Å². The minimum absolute atomic E-state index is 0.0287. The molecule has 0 unspecified atom stereocenters. The molecule has 7 aromatic carbocycles. The largest absolute Gasteiger partial charge is 0.508 e. The number of carbonyl (C=O) groups excluding carboxylic acids is 4. The molecule has 1 spiro atoms. The van der Waals surface area contributed by atoms with E-state index in [0.717, 1.165) is 27.2 Å². The van der Waals surface area contributed by atoms with Gasteiger partial charge >= 0.3 is 12.0 Å². The molecule has 11 rings (SSSR count). The van der Waals surface area contributed by atoms with Gasteiger partial charge in [0, 0.05) is 24.2 Å². The summed E-state index contributed by atoms with van der Waals surface area (Å²) in [7, 11) is 4.72. The van der Waals surface area contributed by atoms with Crippen LogP contribution in [0.4, 0.5) is 10.5 Å². The van der Waals surface area contributed by atoms with E-state index in [1.165, 1.54) is 12.1 Å². The number of phenols is 1. The number of phenolic OH excluding ortho intramolecular Hbond substituents is 1. The monoisotopic (exact) mass is 998 g/mol. The number of esters is 1. The maximum absolute atomic E-state index is 16.9. The zero-order valence-corrected chi connectivity index (χ0v) is 41.8. The lowest BCUT2D eigenvalue weighted by molar-refractivity contribution is -0.179. The molecule has 7 atom stereocenters. The molecule has 2 N–H and O–H groups in total. The fourth-order valence-electron chi connectivity index (χ4n) is 11.8. The summed E-state index contributed by atoms with van der Waals surface area (Å²) in [6.07, 6.45) is -0.484. The van der Waals surface area contributed by atoms with Crippen LogP contribution >= 0.6 is 0 Å². The number of rotatable bonds is 9. The summed E-state index contributed by atoms with van der Waals surface area (Å²) >= 11 is 0. The van der Waals surface area contributed by atoms with Crippen molar-refractivity contribution >= 4 is 29.5 Å². The van der Waals surface area contributed by atoms with Crippen LogP contribution in [0.25, 0.3) is 0 Å². The van der Waals surface area contributed by atoms with Gasteiger partial charge in [0.05, 0.1) is 51.1 Å². The third-order valence-corrected chi connectivity index (χ3v) is 15.2. The first-order valence-corrected chi connectivity index (χ1v) is 24.9. The molecule has 4 amide bonds. The van der Waals surface area contributed by atoms with Gasteiger partial charge in [-0.1, -0.05) is 115 Å². The van der Waals surface area contributed by atoms with E-state index in [2.05, 4.69) is 17.2 Å². The predicted octanol–water partition coefficient (Wildman–Crippen LogP) is 9.54. The van der Waals surface area contributed by atoms with Crippen molar-refractivity contribution in [2.75, 3.05) is 32.8 Å². The van der Waals surface area contributed by atoms with E-state index in [-0.39, 0.29) is 24.5 Å². The number of nitrogens with one attached hydrogen (secondary N) is 1. The third kappa shape index (κ3) is 8.37. The molecule has 13 heteroatoms. The standard InChI is InChI=1S/C62H54N4O9/c1-38(41-14-8-5-9-15-41)63-61(71)65-50-31-24-40(21-20-39-22-29-48(72-2)30-23-39)34-49(50)62(60(65)70)53(58(68)64-33-32-45-35-51(73-3)52(74-4)36-46(45)37-64)55-59(69)75-56(43-18-12-7-13-19-43)54(42-16-10-6-11-17-42)66(55)57(62)44-25-27-47(67)28-26-44/h5-19,22-31,34-36,38,53-57,67H,32-33,37H2,1-4H3,(H,63,71)/t38-,53-,54-,55-,56+,57+,62-/m1/s1. The first-order valence-electron chi connectivity index (χ1n) is 24.9. The lowest BCUT2D eigenvalue weighted by atomic mass is 9.64. The maximum atomic E-state index is 16.9. The summed E-state index contributed by atoms with van der Waals surface area (Å²) in [4.78, 5) is 69.4. The summed E-state index contributed by atoms with van der Waals surface area (Å²) in [5.41, 5.74) is 4.31. The molecule has 13 nitrogen and oxygen atoms in total. The first kappa shape index (κ1) is 48.4. The molecule has 0 saturated carbocycles. The molecular weight excluding hydrogens is 945 g/mol. The van der Waals surface area contributed by atoms with Crippen LogP contribution in [0.1, 0.15) is 81.2 Å². The minimum Gasteiger partial charge on any atom is -0.508 e. The van der Waals surface area contributed by atoms with Crippen LogP contribution in [-0.2, 0) is 37.5 Å². The van der Waals surface area contributed by atoms with Crippen LogP contribution in [0, 0.1) is 17.8 Å². The van der Waals surface area contributed by atoms with Crippen molar-refractivity contribution in [2.24, 2.45) is 5.92 Å². The molecule has 0 radical (unpaired) electrons. The molecular formula is C62H54N4O9. The Kier molecular flexibility index (Phi) is 12.8. The number of morpholine rings is 1. The van der Waals surface area contributed by atoms with E-state index in [1.54, 1.807) is 56.6 Å². The van der Waals surface area contributed by atoms with E-state index in [1.807, 2.05) is 139 Å². The summed E-state index contributed by atoms with van der Waals surface area (Å²) in [6.45, 7) is 2.20. The number of cyclic esters (lactones) is 1. The van der Waals surface area contributed by atoms with Crippen molar-refractivity contribution in [3.05, 3.63) is 220 Å². The van der Waals surface area contributed by atoms with Crippen molar-refractivity contribution in [3.63, 3.8) is 0 Å². The number of hydrogen-bond donors (Lipinski definition) is 2. The van der Waals surface area contributed by atoms with Gasteiger partial charge in [0.2, 0.25) is 11.8 Å². The number of urea groups is 1. The quantitative estimate of drug-likeness (QED) is 0.106. The molecule has 4 aliphatic rings. The molecule has 0 aliphatic carbocycles. The number of amides is 4. The number of fused-ring (bicyclic) bond motifs is 4. The Morgan fingerprint density at radius 2 is 1.31 bits per heavy atom. The van der Waals surface area contributed by atoms with Crippen molar-refractivity contribution in [1.82, 2.24) is 15.1 Å². The number of anilines is 1. The van der Waals surface area contributed by atoms with Crippen LogP contribution in [0.2, 0.25) is 0 Å². The Morgan fingerprint density at radius 3 is 1.96 bits per heavy atom. The molecule has 0 bridgehead atoms. The topological polar surface area (TPSA) is 147 Å². The van der Waals surface area contributed by atoms with Gasteiger partial charge in [0.15, 0.2) is 11.5 Å². The number of methoxy groups -OCH3 is 3. The maximum Gasteiger partial charge on any atom is 0.329 e. The highest BCUT2D eigenvalue weighted by Gasteiger charge is 2.76. The Bertz CT molecular complexity index is 3380. The molecule has 4 heterocycles. The van der Waals surface area contributed by atoms with E-state index in [9.17, 15) is 5.11 Å². The van der Waals surface area contributed by atoms with Gasteiger partial charge in [-0.15, -0.1) is 0 Å². The number of benzene rings is 7. The molecule has 376 valence electrons. The van der Waals surface area contributed by atoms with Crippen molar-refractivity contribution in [2.45, 2.75) is 55.6 Å². The summed E-state index contributed by atoms with van der Waals surface area (Å²) in [5, 5.41) is 14.0. The second-order valence-electron chi connectivity index (χ2n) is 19.3. The Balaban J connectivity index is 1.18. The first-order chi connectivity index (χ1) is 36.5. The van der Waals surface area contributed by atoms with Gasteiger partial charge in [0.1, 0.15) is 29.1 Å². The molecule has 2 saturated heterocycles. The predicted molar refractivity (Wildman–Crippen MR) is 281 cm³/mol. The van der Waals surface area contributed by atoms with Gasteiger partial charge in [-0.2, -0.15) is 0 Å². The molecule has 0 aromatic heterocycles. The lowest BCUT2D eigenvalue weighted by Gasteiger charge is -2.46. The lowest BCUT2D eigenvalue weighted by Crippen LogP contribution is -2.57. The van der Waals surface area contributed by atoms with E-state index < -0.39 is 65.4 Å². The second-order valence-corrected chi connectivity index (χ2v) is 19.3. The van der Waals surface area contributed by atoms with Crippen LogP contribution in [0.15, 0.2) is 170 Å². The minimum atomic E-state index is -2.03. The molecule has 75 heavy (non-hydrogen) atoms. The molecule has 7 aromatic rings. The summed E-state index contributed by atoms with van der Waals surface area (Å²) in [5.74, 6) is 4.85. The van der Waals surface area contributed by atoms with Gasteiger partial charge in [-0.05, 0) is 119 Å². The summed E-state index contributed by atoms with van der Waals surface area (Å²) < 4.78 is 23.5. The van der Waals surface area contributed by atoms with E-state index in [0.29, 0.717) is 51.5 Å². The second kappa shape index (κ2) is 19.9. The average Bonchev–Trinajstić information content (AvgIpc) is 3.93. The highest BCUT2D eigenvalue weighted by Crippen LogP contribution is 2.66. The van der Waals surface area contributed by atoms with Gasteiger partial charge in [0.25, 0.3) is 0 Å². The number of ether oxygens (including phenoxy) is 4. The normalized spacial score (nSPS) is 21.9. The van der Waals surface area contributed by atoms with Crippen LogP contribution < -0.4 is 24.4 Å². The Labute approximate surface area is 435 Å². The van der Waals surface area contributed by atoms with Gasteiger partial charge in [-0.3, -0.25) is 19.3 Å². The van der Waals surface area contributed by atoms with Crippen molar-refractivity contribution in [1.29, 1.82) is 0 Å². The highest BCUT2D eigenvalue weighted by molar-refractivity contribution is 6.24. The number of imide groups is 1. The number of hydrogen-bond acceptors (Lipinski definition) is 10. The number of carbonyl (C=O) groups is 4.